The van der Waals surface area contributed by atoms with Crippen LogP contribution in [-0.4, -0.2) is 38.6 Å². The van der Waals surface area contributed by atoms with Gasteiger partial charge in [0, 0.05) is 30.9 Å². The van der Waals surface area contributed by atoms with Crippen LogP contribution in [0.3, 0.4) is 0 Å². The van der Waals surface area contributed by atoms with Crippen LogP contribution in [0.25, 0.3) is 0 Å². The van der Waals surface area contributed by atoms with Crippen LogP contribution in [0, 0.1) is 5.92 Å². The van der Waals surface area contributed by atoms with Gasteiger partial charge in [-0.15, -0.1) is 0 Å². The number of methoxy groups -OCH3 is 1. The van der Waals surface area contributed by atoms with Gasteiger partial charge in [-0.1, -0.05) is 24.3 Å². The van der Waals surface area contributed by atoms with E-state index in [4.69, 9.17) is 4.74 Å². The monoisotopic (exact) mass is 367 g/mol. The lowest BCUT2D eigenvalue weighted by molar-refractivity contribution is 0.101. The second-order valence-electron chi connectivity index (χ2n) is 6.74. The smallest absolute Gasteiger partial charge is 0.319 e. The quantitative estimate of drug-likeness (QED) is 0.766. The number of hydrogen-bond acceptors (Lipinski definition) is 4. The number of nitrogens with one attached hydrogen (secondary N) is 2. The second kappa shape index (κ2) is 8.58. The minimum Gasteiger partial charge on any atom is -0.495 e. The fraction of sp³-hybridized carbons (Fsp3) is 0.333. The average molecular weight is 367 g/mol. The molecule has 1 aliphatic rings. The number of benzene rings is 2. The summed E-state index contributed by atoms with van der Waals surface area (Å²) in [5.74, 6) is 1.22. The van der Waals surface area contributed by atoms with E-state index in [0.29, 0.717) is 23.7 Å². The molecule has 2 N–H and O–H groups in total. The van der Waals surface area contributed by atoms with Gasteiger partial charge in [0.05, 0.1) is 12.8 Å². The molecule has 6 nitrogen and oxygen atoms in total. The van der Waals surface area contributed by atoms with E-state index < -0.39 is 0 Å². The number of carbonyl (C=O) groups is 2. The summed E-state index contributed by atoms with van der Waals surface area (Å²) in [5, 5.41) is 5.72. The van der Waals surface area contributed by atoms with Crippen molar-refractivity contribution in [2.24, 2.45) is 5.92 Å². The zero-order valence-corrected chi connectivity index (χ0v) is 15.7. The highest BCUT2D eigenvalue weighted by atomic mass is 16.5. The summed E-state index contributed by atoms with van der Waals surface area (Å²) in [6, 6.07) is 14.7. The van der Waals surface area contributed by atoms with Crippen molar-refractivity contribution in [2.75, 3.05) is 37.0 Å². The van der Waals surface area contributed by atoms with E-state index in [-0.39, 0.29) is 11.8 Å². The first kappa shape index (κ1) is 18.8. The normalized spacial score (nSPS) is 16.1. The minimum atomic E-state index is -0.258. The first-order chi connectivity index (χ1) is 13.1. The number of rotatable bonds is 6. The van der Waals surface area contributed by atoms with E-state index in [0.717, 1.165) is 30.9 Å². The molecule has 1 fully saturated rings. The van der Waals surface area contributed by atoms with Crippen LogP contribution >= 0.6 is 0 Å². The molecule has 3 rings (SSSR count). The van der Waals surface area contributed by atoms with Crippen LogP contribution in [0.4, 0.5) is 16.2 Å². The molecule has 1 atom stereocenters. The number of ketones is 1. The van der Waals surface area contributed by atoms with E-state index in [9.17, 15) is 9.59 Å². The van der Waals surface area contributed by atoms with Gasteiger partial charge in [-0.2, -0.15) is 0 Å². The Morgan fingerprint density at radius 3 is 2.78 bits per heavy atom. The van der Waals surface area contributed by atoms with Crippen molar-refractivity contribution in [1.82, 2.24) is 5.32 Å². The number of Topliss-reactive ketones (excluding diaryl/α,β-unsaturated/α-hetero) is 1. The highest BCUT2D eigenvalue weighted by Crippen LogP contribution is 2.31. The Balaban J connectivity index is 1.50. The van der Waals surface area contributed by atoms with Gasteiger partial charge in [-0.25, -0.2) is 4.79 Å². The van der Waals surface area contributed by atoms with E-state index in [2.05, 4.69) is 21.6 Å². The van der Waals surface area contributed by atoms with Gasteiger partial charge >= 0.3 is 6.03 Å². The Bertz CT molecular complexity index is 822. The number of hydrogen-bond donors (Lipinski definition) is 2. The van der Waals surface area contributed by atoms with Gasteiger partial charge in [-0.3, -0.25) is 4.79 Å². The van der Waals surface area contributed by atoms with E-state index in [1.165, 1.54) is 6.92 Å². The Morgan fingerprint density at radius 1 is 1.19 bits per heavy atom. The van der Waals surface area contributed by atoms with Gasteiger partial charge in [-0.05, 0) is 43.5 Å². The van der Waals surface area contributed by atoms with E-state index >= 15 is 0 Å². The summed E-state index contributed by atoms with van der Waals surface area (Å²) in [7, 11) is 1.68. The zero-order valence-electron chi connectivity index (χ0n) is 15.7. The molecule has 142 valence electrons. The highest BCUT2D eigenvalue weighted by Gasteiger charge is 2.24. The third kappa shape index (κ3) is 4.78. The Morgan fingerprint density at radius 2 is 2.00 bits per heavy atom. The SMILES string of the molecule is COc1ccccc1N1CC[C@H](CNC(=O)Nc2cccc(C(C)=O)c2)C1. The molecule has 6 heteroatoms. The molecule has 1 aliphatic heterocycles. The number of nitrogens with zero attached hydrogens (tertiary/aromatic N) is 1. The number of ether oxygens (including phenoxy) is 1. The molecule has 0 radical (unpaired) electrons. The summed E-state index contributed by atoms with van der Waals surface area (Å²) in [6.45, 7) is 3.92. The Kier molecular flexibility index (Phi) is 5.96. The lowest BCUT2D eigenvalue weighted by Crippen LogP contribution is -2.34. The van der Waals surface area contributed by atoms with Crippen molar-refractivity contribution in [2.45, 2.75) is 13.3 Å². The molecule has 27 heavy (non-hydrogen) atoms. The van der Waals surface area contributed by atoms with Crippen LogP contribution in [0.2, 0.25) is 0 Å². The summed E-state index contributed by atoms with van der Waals surface area (Å²) in [5.41, 5.74) is 2.28. The lowest BCUT2D eigenvalue weighted by Gasteiger charge is -2.21. The van der Waals surface area contributed by atoms with E-state index in [1.807, 2.05) is 18.2 Å². The summed E-state index contributed by atoms with van der Waals surface area (Å²) >= 11 is 0. The maximum Gasteiger partial charge on any atom is 0.319 e. The molecule has 0 aliphatic carbocycles. The maximum atomic E-state index is 12.2. The molecular formula is C21H25N3O3. The third-order valence-electron chi connectivity index (χ3n) is 4.79. The lowest BCUT2D eigenvalue weighted by atomic mass is 10.1. The van der Waals surface area contributed by atoms with Crippen molar-refractivity contribution >= 4 is 23.2 Å². The number of amides is 2. The molecule has 0 aromatic heterocycles. The standard InChI is InChI=1S/C21H25N3O3/c1-15(25)17-6-5-7-18(12-17)23-21(26)22-13-16-10-11-24(14-16)19-8-3-4-9-20(19)27-2/h3-9,12,16H,10-11,13-14H2,1-2H3,(H2,22,23,26)/t16-/m1/s1. The Labute approximate surface area is 159 Å². The topological polar surface area (TPSA) is 70.7 Å². The zero-order chi connectivity index (χ0) is 19.2. The number of anilines is 2. The molecular weight excluding hydrogens is 342 g/mol. The molecule has 2 aromatic rings. The number of urea groups is 1. The van der Waals surface area contributed by atoms with Crippen molar-refractivity contribution < 1.29 is 14.3 Å². The number of para-hydroxylation sites is 2. The van der Waals surface area contributed by atoms with Gasteiger partial charge < -0.3 is 20.3 Å². The number of carbonyl (C=O) groups excluding carboxylic acids is 2. The highest BCUT2D eigenvalue weighted by molar-refractivity contribution is 5.96. The second-order valence-corrected chi connectivity index (χ2v) is 6.74. The fourth-order valence-electron chi connectivity index (χ4n) is 3.34. The van der Waals surface area contributed by atoms with Crippen molar-refractivity contribution in [3.8, 4) is 5.75 Å². The summed E-state index contributed by atoms with van der Waals surface area (Å²) < 4.78 is 5.44. The predicted octanol–water partition coefficient (Wildman–Crippen LogP) is 3.55. The largest absolute Gasteiger partial charge is 0.495 e. The van der Waals surface area contributed by atoms with Crippen LogP contribution in [-0.2, 0) is 0 Å². The van der Waals surface area contributed by atoms with Crippen LogP contribution in [0.1, 0.15) is 23.7 Å². The first-order valence-electron chi connectivity index (χ1n) is 9.10. The fourth-order valence-corrected chi connectivity index (χ4v) is 3.34. The van der Waals surface area contributed by atoms with Gasteiger partial charge in [0.25, 0.3) is 0 Å². The molecule has 0 saturated carbocycles. The minimum absolute atomic E-state index is 0.0264. The van der Waals surface area contributed by atoms with Crippen molar-refractivity contribution in [1.29, 1.82) is 0 Å². The first-order valence-corrected chi connectivity index (χ1v) is 9.10. The van der Waals surface area contributed by atoms with Crippen molar-refractivity contribution in [3.05, 3.63) is 54.1 Å². The summed E-state index contributed by atoms with van der Waals surface area (Å²) in [6.07, 6.45) is 1.01. The molecule has 2 aromatic carbocycles. The molecule has 0 bridgehead atoms. The van der Waals surface area contributed by atoms with Crippen LogP contribution in [0.15, 0.2) is 48.5 Å². The van der Waals surface area contributed by atoms with Gasteiger partial charge in [0.15, 0.2) is 5.78 Å². The average Bonchev–Trinajstić information content (AvgIpc) is 3.15. The molecule has 2 amide bonds. The van der Waals surface area contributed by atoms with Gasteiger partial charge in [0.1, 0.15) is 5.75 Å². The van der Waals surface area contributed by atoms with Crippen molar-refractivity contribution in [3.63, 3.8) is 0 Å². The molecule has 0 unspecified atom stereocenters. The van der Waals surface area contributed by atoms with Gasteiger partial charge in [0.2, 0.25) is 0 Å². The molecule has 1 saturated heterocycles. The van der Waals surface area contributed by atoms with Crippen LogP contribution in [0.5, 0.6) is 5.75 Å². The Hall–Kier alpha value is -3.02. The molecule has 0 spiro atoms. The maximum absolute atomic E-state index is 12.2. The van der Waals surface area contributed by atoms with E-state index in [1.54, 1.807) is 31.4 Å². The summed E-state index contributed by atoms with van der Waals surface area (Å²) in [4.78, 5) is 25.9. The van der Waals surface area contributed by atoms with Crippen LogP contribution < -0.4 is 20.3 Å². The third-order valence-corrected chi connectivity index (χ3v) is 4.79. The predicted molar refractivity (Wildman–Crippen MR) is 107 cm³/mol. The molecule has 1 heterocycles.